The van der Waals surface area contributed by atoms with E-state index in [4.69, 9.17) is 0 Å². The van der Waals surface area contributed by atoms with E-state index in [2.05, 4.69) is 9.97 Å². The van der Waals surface area contributed by atoms with Crippen molar-refractivity contribution >= 4 is 5.95 Å². The highest BCUT2D eigenvalue weighted by atomic mass is 16.3. The third-order valence-electron chi connectivity index (χ3n) is 2.42. The van der Waals surface area contributed by atoms with Crippen LogP contribution in [0.25, 0.3) is 0 Å². The number of aromatic nitrogens is 2. The minimum absolute atomic E-state index is 0.223. The summed E-state index contributed by atoms with van der Waals surface area (Å²) in [5, 5.41) is 9.40. The van der Waals surface area contributed by atoms with Crippen LogP contribution in [0.15, 0.2) is 6.07 Å². The van der Waals surface area contributed by atoms with Gasteiger partial charge in [0.25, 0.3) is 0 Å². The molecule has 4 heteroatoms. The van der Waals surface area contributed by atoms with Gasteiger partial charge in [-0.2, -0.15) is 0 Å². The van der Waals surface area contributed by atoms with E-state index in [-0.39, 0.29) is 6.10 Å². The van der Waals surface area contributed by atoms with Crippen molar-refractivity contribution in [2.45, 2.75) is 26.4 Å². The second-order valence-electron chi connectivity index (χ2n) is 3.84. The molecule has 0 spiro atoms. The predicted octanol–water partition coefficient (Wildman–Crippen LogP) is 0.664. The van der Waals surface area contributed by atoms with Crippen LogP contribution in [0.2, 0.25) is 0 Å². The molecule has 0 amide bonds. The monoisotopic (exact) mass is 193 g/mol. The summed E-state index contributed by atoms with van der Waals surface area (Å²) in [4.78, 5) is 10.7. The maximum absolute atomic E-state index is 9.40. The largest absolute Gasteiger partial charge is 0.391 e. The highest BCUT2D eigenvalue weighted by molar-refractivity contribution is 5.33. The van der Waals surface area contributed by atoms with E-state index < -0.39 is 0 Å². The van der Waals surface area contributed by atoms with Crippen LogP contribution >= 0.6 is 0 Å². The Bertz CT molecular complexity index is 320. The van der Waals surface area contributed by atoms with E-state index in [1.165, 1.54) is 0 Å². The Kier molecular flexibility index (Phi) is 2.37. The molecule has 1 saturated heterocycles. The Labute approximate surface area is 83.6 Å². The molecule has 1 N–H and O–H groups in total. The van der Waals surface area contributed by atoms with Crippen LogP contribution in [0.4, 0.5) is 5.95 Å². The molecule has 1 aromatic rings. The molecule has 4 nitrogen and oxygen atoms in total. The lowest BCUT2D eigenvalue weighted by atomic mass is 10.3. The smallest absolute Gasteiger partial charge is 0.225 e. The number of aliphatic hydroxyl groups excluding tert-OH is 1. The predicted molar refractivity (Wildman–Crippen MR) is 54.3 cm³/mol. The lowest BCUT2D eigenvalue weighted by molar-refractivity contribution is 0.198. The van der Waals surface area contributed by atoms with Gasteiger partial charge in [0.1, 0.15) is 0 Å². The minimum atomic E-state index is -0.223. The van der Waals surface area contributed by atoms with Gasteiger partial charge in [0.05, 0.1) is 6.10 Å². The van der Waals surface area contributed by atoms with E-state index in [0.717, 1.165) is 30.3 Å². The fourth-order valence-electron chi connectivity index (χ4n) is 1.77. The maximum Gasteiger partial charge on any atom is 0.225 e. The van der Waals surface area contributed by atoms with Gasteiger partial charge < -0.3 is 10.0 Å². The molecule has 14 heavy (non-hydrogen) atoms. The fraction of sp³-hybridized carbons (Fsp3) is 0.600. The van der Waals surface area contributed by atoms with Crippen molar-refractivity contribution in [3.63, 3.8) is 0 Å². The van der Waals surface area contributed by atoms with E-state index in [0.29, 0.717) is 6.54 Å². The molecule has 0 radical (unpaired) electrons. The van der Waals surface area contributed by atoms with E-state index in [9.17, 15) is 5.11 Å². The van der Waals surface area contributed by atoms with Crippen molar-refractivity contribution in [1.29, 1.82) is 0 Å². The fourth-order valence-corrected chi connectivity index (χ4v) is 1.77. The molecule has 76 valence electrons. The van der Waals surface area contributed by atoms with Crippen molar-refractivity contribution in [2.75, 3.05) is 18.0 Å². The van der Waals surface area contributed by atoms with Crippen molar-refractivity contribution in [1.82, 2.24) is 9.97 Å². The Balaban J connectivity index is 2.23. The van der Waals surface area contributed by atoms with E-state index >= 15 is 0 Å². The number of anilines is 1. The molecule has 0 aliphatic carbocycles. The Morgan fingerprint density at radius 1 is 1.36 bits per heavy atom. The Morgan fingerprint density at radius 2 is 2.00 bits per heavy atom. The third-order valence-corrected chi connectivity index (χ3v) is 2.42. The number of rotatable bonds is 1. The number of hydrogen-bond acceptors (Lipinski definition) is 4. The maximum atomic E-state index is 9.40. The SMILES string of the molecule is Cc1cc(C)nc(N2CC[C@H](O)C2)n1. The first-order valence-electron chi connectivity index (χ1n) is 4.90. The minimum Gasteiger partial charge on any atom is -0.391 e. The van der Waals surface area contributed by atoms with E-state index in [1.54, 1.807) is 0 Å². The van der Waals surface area contributed by atoms with Gasteiger partial charge in [-0.15, -0.1) is 0 Å². The molecule has 0 unspecified atom stereocenters. The molecule has 2 rings (SSSR count). The third kappa shape index (κ3) is 1.85. The summed E-state index contributed by atoms with van der Waals surface area (Å²) in [7, 11) is 0. The van der Waals surface area contributed by atoms with Crippen LogP contribution in [0.5, 0.6) is 0 Å². The number of hydrogen-bond donors (Lipinski definition) is 1. The first-order valence-corrected chi connectivity index (χ1v) is 4.90. The van der Waals surface area contributed by atoms with Crippen LogP contribution < -0.4 is 4.90 Å². The van der Waals surface area contributed by atoms with Gasteiger partial charge in [-0.1, -0.05) is 0 Å². The quantitative estimate of drug-likeness (QED) is 0.712. The van der Waals surface area contributed by atoms with Crippen molar-refractivity contribution in [3.8, 4) is 0 Å². The normalized spacial score (nSPS) is 21.6. The Hall–Kier alpha value is -1.16. The molecule has 1 aliphatic rings. The van der Waals surface area contributed by atoms with Gasteiger partial charge >= 0.3 is 0 Å². The lowest BCUT2D eigenvalue weighted by Gasteiger charge is -2.15. The van der Waals surface area contributed by atoms with Crippen molar-refractivity contribution in [3.05, 3.63) is 17.5 Å². The standard InChI is InChI=1S/C10H15N3O/c1-7-5-8(2)12-10(11-7)13-4-3-9(14)6-13/h5,9,14H,3-4,6H2,1-2H3/t9-/m0/s1. The van der Waals surface area contributed by atoms with E-state index in [1.807, 2.05) is 24.8 Å². The molecule has 1 aromatic heterocycles. The zero-order valence-corrected chi connectivity index (χ0v) is 8.56. The molecule has 0 aromatic carbocycles. The zero-order chi connectivity index (χ0) is 10.1. The summed E-state index contributed by atoms with van der Waals surface area (Å²) < 4.78 is 0. The topological polar surface area (TPSA) is 49.2 Å². The number of β-amino-alcohol motifs (C(OH)–C–C–N with tert-alkyl or cyclic N) is 1. The summed E-state index contributed by atoms with van der Waals surface area (Å²) >= 11 is 0. The molecule has 1 fully saturated rings. The summed E-state index contributed by atoms with van der Waals surface area (Å²) in [6, 6.07) is 1.95. The average molecular weight is 193 g/mol. The van der Waals surface area contributed by atoms with Crippen LogP contribution in [0.1, 0.15) is 17.8 Å². The molecule has 2 heterocycles. The molecule has 0 bridgehead atoms. The zero-order valence-electron chi connectivity index (χ0n) is 8.56. The first-order chi connectivity index (χ1) is 6.65. The summed E-state index contributed by atoms with van der Waals surface area (Å²) in [6.45, 7) is 5.43. The number of aryl methyl sites for hydroxylation is 2. The average Bonchev–Trinajstić information content (AvgIpc) is 2.50. The van der Waals surface area contributed by atoms with Crippen LogP contribution in [-0.4, -0.2) is 34.3 Å². The second kappa shape index (κ2) is 3.53. The molecular formula is C10H15N3O. The number of aliphatic hydroxyl groups is 1. The summed E-state index contributed by atoms with van der Waals surface area (Å²) in [5.74, 6) is 0.749. The van der Waals surface area contributed by atoms with Crippen LogP contribution in [0, 0.1) is 13.8 Å². The van der Waals surface area contributed by atoms with Crippen molar-refractivity contribution < 1.29 is 5.11 Å². The van der Waals surface area contributed by atoms with Gasteiger partial charge in [-0.05, 0) is 26.3 Å². The number of nitrogens with zero attached hydrogens (tertiary/aromatic N) is 3. The molecular weight excluding hydrogens is 178 g/mol. The van der Waals surface area contributed by atoms with Gasteiger partial charge in [-0.3, -0.25) is 0 Å². The first kappa shape index (κ1) is 9.40. The van der Waals surface area contributed by atoms with Crippen LogP contribution in [0.3, 0.4) is 0 Å². The molecule has 1 atom stereocenters. The van der Waals surface area contributed by atoms with Crippen LogP contribution in [-0.2, 0) is 0 Å². The molecule has 1 aliphatic heterocycles. The molecule has 0 saturated carbocycles. The second-order valence-corrected chi connectivity index (χ2v) is 3.84. The van der Waals surface area contributed by atoms with Gasteiger partial charge in [-0.25, -0.2) is 9.97 Å². The highest BCUT2D eigenvalue weighted by Crippen LogP contribution is 2.16. The highest BCUT2D eigenvalue weighted by Gasteiger charge is 2.22. The van der Waals surface area contributed by atoms with Gasteiger partial charge in [0.2, 0.25) is 5.95 Å². The Morgan fingerprint density at radius 3 is 2.50 bits per heavy atom. The lowest BCUT2D eigenvalue weighted by Crippen LogP contribution is -2.23. The summed E-state index contributed by atoms with van der Waals surface area (Å²) in [6.07, 6.45) is 0.593. The van der Waals surface area contributed by atoms with Crippen molar-refractivity contribution in [2.24, 2.45) is 0 Å². The van der Waals surface area contributed by atoms with Gasteiger partial charge in [0.15, 0.2) is 0 Å². The summed E-state index contributed by atoms with van der Waals surface area (Å²) in [5.41, 5.74) is 1.96. The van der Waals surface area contributed by atoms with Gasteiger partial charge in [0, 0.05) is 24.5 Å².